The van der Waals surface area contributed by atoms with Crippen molar-refractivity contribution in [2.45, 2.75) is 24.9 Å². The van der Waals surface area contributed by atoms with Crippen molar-refractivity contribution in [2.24, 2.45) is 0 Å². The molecule has 0 atom stereocenters. The number of fused-ring (bicyclic) bond motifs is 1. The second kappa shape index (κ2) is 10.3. The van der Waals surface area contributed by atoms with Crippen LogP contribution in [0.4, 0.5) is 0 Å². The number of hydrogen-bond acceptors (Lipinski definition) is 6. The predicted octanol–water partition coefficient (Wildman–Crippen LogP) is 4.48. The van der Waals surface area contributed by atoms with Gasteiger partial charge in [0.1, 0.15) is 6.61 Å². The molecular weight excluding hydrogens is 446 g/mol. The van der Waals surface area contributed by atoms with Crippen molar-refractivity contribution < 1.29 is 28.5 Å². The Balaban J connectivity index is 1.29. The zero-order chi connectivity index (χ0) is 24.1. The van der Waals surface area contributed by atoms with Gasteiger partial charge in [0.25, 0.3) is 5.91 Å². The van der Waals surface area contributed by atoms with Crippen molar-refractivity contribution in [3.63, 3.8) is 0 Å². The van der Waals surface area contributed by atoms with Gasteiger partial charge in [-0.25, -0.2) is 0 Å². The SMILES string of the molecule is COc1cc(C(=O)NCC2(c3ccc4c(c3)OCO4)CCOCC2)ccc1OCc1ccccc1. The summed E-state index contributed by atoms with van der Waals surface area (Å²) in [6.07, 6.45) is 1.62. The maximum atomic E-state index is 13.1. The number of nitrogens with one attached hydrogen (secondary N) is 1. The monoisotopic (exact) mass is 475 g/mol. The third kappa shape index (κ3) is 5.05. The van der Waals surface area contributed by atoms with E-state index >= 15 is 0 Å². The summed E-state index contributed by atoms with van der Waals surface area (Å²) in [6, 6.07) is 21.2. The van der Waals surface area contributed by atoms with Crippen LogP contribution < -0.4 is 24.3 Å². The van der Waals surface area contributed by atoms with Crippen LogP contribution in [0, 0.1) is 0 Å². The second-order valence-electron chi connectivity index (χ2n) is 8.78. The molecule has 3 aromatic rings. The molecule has 35 heavy (non-hydrogen) atoms. The molecule has 0 aliphatic carbocycles. The van der Waals surface area contributed by atoms with Crippen LogP contribution >= 0.6 is 0 Å². The van der Waals surface area contributed by atoms with Crippen molar-refractivity contribution in [2.75, 3.05) is 33.7 Å². The van der Waals surface area contributed by atoms with Crippen molar-refractivity contribution in [3.05, 3.63) is 83.4 Å². The molecule has 2 aliphatic heterocycles. The van der Waals surface area contributed by atoms with Gasteiger partial charge >= 0.3 is 0 Å². The molecule has 0 bridgehead atoms. The molecule has 2 aliphatic rings. The first-order valence-electron chi connectivity index (χ1n) is 11.8. The van der Waals surface area contributed by atoms with Crippen LogP contribution in [0.2, 0.25) is 0 Å². The molecule has 0 radical (unpaired) electrons. The highest BCUT2D eigenvalue weighted by Crippen LogP contribution is 2.40. The Morgan fingerprint density at radius 3 is 2.54 bits per heavy atom. The summed E-state index contributed by atoms with van der Waals surface area (Å²) in [5.74, 6) is 2.45. The smallest absolute Gasteiger partial charge is 0.251 e. The Bertz CT molecular complexity index is 1170. The van der Waals surface area contributed by atoms with E-state index in [1.54, 1.807) is 25.3 Å². The number of carbonyl (C=O) groups excluding carboxylic acids is 1. The van der Waals surface area contributed by atoms with Crippen LogP contribution in [0.5, 0.6) is 23.0 Å². The minimum absolute atomic E-state index is 0.162. The van der Waals surface area contributed by atoms with E-state index in [0.717, 1.165) is 35.5 Å². The lowest BCUT2D eigenvalue weighted by molar-refractivity contribution is 0.0486. The molecule has 0 saturated carbocycles. The minimum Gasteiger partial charge on any atom is -0.493 e. The molecule has 1 N–H and O–H groups in total. The van der Waals surface area contributed by atoms with E-state index in [-0.39, 0.29) is 18.1 Å². The molecule has 0 spiro atoms. The summed E-state index contributed by atoms with van der Waals surface area (Å²) in [5, 5.41) is 3.14. The number of hydrogen-bond donors (Lipinski definition) is 1. The van der Waals surface area contributed by atoms with Gasteiger partial charge < -0.3 is 29.0 Å². The van der Waals surface area contributed by atoms with Crippen molar-refractivity contribution in [3.8, 4) is 23.0 Å². The standard InChI is InChI=1S/C28H29NO6/c1-31-25-15-21(7-9-23(25)33-17-20-5-3-2-4-6-20)27(30)29-18-28(11-13-32-14-12-28)22-8-10-24-26(16-22)35-19-34-24/h2-10,15-16H,11-14,17-19H2,1H3,(H,29,30). The van der Waals surface area contributed by atoms with E-state index in [1.807, 2.05) is 42.5 Å². The Kier molecular flexibility index (Phi) is 6.77. The number of methoxy groups -OCH3 is 1. The third-order valence-corrected chi connectivity index (χ3v) is 6.69. The van der Waals surface area contributed by atoms with Gasteiger partial charge in [0.2, 0.25) is 6.79 Å². The fourth-order valence-corrected chi connectivity index (χ4v) is 4.57. The van der Waals surface area contributed by atoms with Gasteiger partial charge in [0, 0.05) is 30.7 Å². The number of rotatable bonds is 8. The molecule has 7 heteroatoms. The topological polar surface area (TPSA) is 75.3 Å². The van der Waals surface area contributed by atoms with E-state index < -0.39 is 0 Å². The molecule has 1 amide bonds. The zero-order valence-electron chi connectivity index (χ0n) is 19.8. The summed E-state index contributed by atoms with van der Waals surface area (Å²) in [6.45, 7) is 2.43. The predicted molar refractivity (Wildman–Crippen MR) is 130 cm³/mol. The Morgan fingerprint density at radius 1 is 0.943 bits per heavy atom. The average molecular weight is 476 g/mol. The number of carbonyl (C=O) groups is 1. The lowest BCUT2D eigenvalue weighted by atomic mass is 9.74. The van der Waals surface area contributed by atoms with Crippen LogP contribution in [0.15, 0.2) is 66.7 Å². The van der Waals surface area contributed by atoms with E-state index in [0.29, 0.717) is 43.4 Å². The van der Waals surface area contributed by atoms with Crippen LogP contribution in [0.3, 0.4) is 0 Å². The molecular formula is C28H29NO6. The highest BCUT2D eigenvalue weighted by molar-refractivity contribution is 5.95. The molecule has 7 nitrogen and oxygen atoms in total. The van der Waals surface area contributed by atoms with E-state index in [2.05, 4.69) is 11.4 Å². The third-order valence-electron chi connectivity index (χ3n) is 6.69. The second-order valence-corrected chi connectivity index (χ2v) is 8.78. The lowest BCUT2D eigenvalue weighted by Crippen LogP contribution is -2.44. The van der Waals surface area contributed by atoms with Crippen LogP contribution in [0.1, 0.15) is 34.3 Å². The first-order chi connectivity index (χ1) is 17.2. The van der Waals surface area contributed by atoms with Crippen molar-refractivity contribution >= 4 is 5.91 Å². The number of benzene rings is 3. The first kappa shape index (κ1) is 23.1. The summed E-state index contributed by atoms with van der Waals surface area (Å²) < 4.78 is 28.1. The summed E-state index contributed by atoms with van der Waals surface area (Å²) in [5.41, 5.74) is 2.45. The maximum absolute atomic E-state index is 13.1. The van der Waals surface area contributed by atoms with Crippen LogP contribution in [-0.2, 0) is 16.8 Å². The average Bonchev–Trinajstić information content (AvgIpc) is 3.40. The van der Waals surface area contributed by atoms with Gasteiger partial charge in [0.05, 0.1) is 7.11 Å². The normalized spacial score (nSPS) is 15.9. The highest BCUT2D eigenvalue weighted by Gasteiger charge is 2.36. The zero-order valence-corrected chi connectivity index (χ0v) is 19.8. The van der Waals surface area contributed by atoms with Crippen LogP contribution in [-0.4, -0.2) is 39.6 Å². The Labute approximate surface area is 204 Å². The van der Waals surface area contributed by atoms with E-state index in [4.69, 9.17) is 23.7 Å². The molecule has 2 heterocycles. The Morgan fingerprint density at radius 2 is 1.74 bits per heavy atom. The first-order valence-corrected chi connectivity index (χ1v) is 11.8. The molecule has 1 saturated heterocycles. The molecule has 1 fully saturated rings. The fraction of sp³-hybridized carbons (Fsp3) is 0.321. The van der Waals surface area contributed by atoms with Gasteiger partial charge in [0.15, 0.2) is 23.0 Å². The van der Waals surface area contributed by atoms with Crippen molar-refractivity contribution in [1.82, 2.24) is 5.32 Å². The largest absolute Gasteiger partial charge is 0.493 e. The number of amides is 1. The molecule has 5 rings (SSSR count). The highest BCUT2D eigenvalue weighted by atomic mass is 16.7. The van der Waals surface area contributed by atoms with Crippen LogP contribution in [0.25, 0.3) is 0 Å². The molecule has 182 valence electrons. The van der Waals surface area contributed by atoms with Gasteiger partial charge in [-0.3, -0.25) is 4.79 Å². The summed E-state index contributed by atoms with van der Waals surface area (Å²) in [4.78, 5) is 13.1. The Hall–Kier alpha value is -3.71. The van der Waals surface area contributed by atoms with Crippen molar-refractivity contribution in [1.29, 1.82) is 0 Å². The number of ether oxygens (including phenoxy) is 5. The van der Waals surface area contributed by atoms with E-state index in [1.165, 1.54) is 0 Å². The molecule has 3 aromatic carbocycles. The quantitative estimate of drug-likeness (QED) is 0.518. The van der Waals surface area contributed by atoms with Gasteiger partial charge in [-0.2, -0.15) is 0 Å². The maximum Gasteiger partial charge on any atom is 0.251 e. The van der Waals surface area contributed by atoms with E-state index in [9.17, 15) is 4.79 Å². The molecule has 0 unspecified atom stereocenters. The molecule has 0 aromatic heterocycles. The van der Waals surface area contributed by atoms with Gasteiger partial charge in [-0.15, -0.1) is 0 Å². The minimum atomic E-state index is -0.238. The summed E-state index contributed by atoms with van der Waals surface area (Å²) >= 11 is 0. The lowest BCUT2D eigenvalue weighted by Gasteiger charge is -2.38. The fourth-order valence-electron chi connectivity index (χ4n) is 4.57. The van der Waals surface area contributed by atoms with Gasteiger partial charge in [-0.1, -0.05) is 36.4 Å². The summed E-state index contributed by atoms with van der Waals surface area (Å²) in [7, 11) is 1.57. The van der Waals surface area contributed by atoms with Gasteiger partial charge in [-0.05, 0) is 54.3 Å².